The van der Waals surface area contributed by atoms with E-state index >= 15 is 0 Å². The third kappa shape index (κ3) is 2.96. The number of hydrogen-bond acceptors (Lipinski definition) is 2. The van der Waals surface area contributed by atoms with E-state index in [1.54, 1.807) is 14.0 Å². The Kier molecular flexibility index (Phi) is 5.42. The summed E-state index contributed by atoms with van der Waals surface area (Å²) in [6.45, 7) is 8.46. The number of carbonyl (C=O) groups is 1. The van der Waals surface area contributed by atoms with E-state index in [0.29, 0.717) is 6.61 Å². The maximum atomic E-state index is 12.0. The molecule has 0 aliphatic heterocycles. The van der Waals surface area contributed by atoms with Gasteiger partial charge in [0.2, 0.25) is 0 Å². The molecule has 0 spiro atoms. The van der Waals surface area contributed by atoms with Crippen LogP contribution >= 0.6 is 11.6 Å². The van der Waals surface area contributed by atoms with Crippen LogP contribution < -0.4 is 0 Å². The molecule has 3 nitrogen and oxygen atoms in total. The molecular weight excluding hydrogens is 250 g/mol. The van der Waals surface area contributed by atoms with Gasteiger partial charge in [0, 0.05) is 24.1 Å². The van der Waals surface area contributed by atoms with Gasteiger partial charge in [0.15, 0.2) is 5.78 Å². The highest BCUT2D eigenvalue weighted by Gasteiger charge is 2.22. The highest BCUT2D eigenvalue weighted by Crippen LogP contribution is 2.24. The Bertz CT molecular complexity index is 424. The van der Waals surface area contributed by atoms with Crippen molar-refractivity contribution in [1.29, 1.82) is 0 Å². The smallest absolute Gasteiger partial charge is 0.182 e. The van der Waals surface area contributed by atoms with Gasteiger partial charge in [-0.25, -0.2) is 0 Å². The van der Waals surface area contributed by atoms with E-state index in [-0.39, 0.29) is 11.8 Å². The predicted molar refractivity (Wildman–Crippen MR) is 74.8 cm³/mol. The molecule has 0 radical (unpaired) electrons. The fourth-order valence-corrected chi connectivity index (χ4v) is 2.49. The summed E-state index contributed by atoms with van der Waals surface area (Å²) in [6, 6.07) is 2.19. The molecule has 1 heterocycles. The third-order valence-electron chi connectivity index (χ3n) is 3.31. The van der Waals surface area contributed by atoms with Crippen LogP contribution in [0.1, 0.15) is 48.1 Å². The average molecular weight is 272 g/mol. The zero-order valence-electron chi connectivity index (χ0n) is 11.8. The van der Waals surface area contributed by atoms with Gasteiger partial charge in [0.05, 0.1) is 18.0 Å². The molecule has 0 fully saturated rings. The van der Waals surface area contributed by atoms with Gasteiger partial charge in [0.1, 0.15) is 0 Å². The molecular formula is C14H22ClNO2. The van der Waals surface area contributed by atoms with E-state index in [1.165, 1.54) is 0 Å². The third-order valence-corrected chi connectivity index (χ3v) is 3.50. The van der Waals surface area contributed by atoms with Gasteiger partial charge >= 0.3 is 0 Å². The van der Waals surface area contributed by atoms with Crippen LogP contribution in [0.4, 0.5) is 0 Å². The van der Waals surface area contributed by atoms with Gasteiger partial charge in [-0.15, -0.1) is 11.6 Å². The van der Waals surface area contributed by atoms with Crippen molar-refractivity contribution < 1.29 is 9.53 Å². The van der Waals surface area contributed by atoms with Gasteiger partial charge in [-0.3, -0.25) is 4.79 Å². The fourth-order valence-electron chi connectivity index (χ4n) is 2.37. The maximum absolute atomic E-state index is 12.0. The van der Waals surface area contributed by atoms with Crippen molar-refractivity contribution in [3.8, 4) is 0 Å². The van der Waals surface area contributed by atoms with E-state index in [4.69, 9.17) is 16.3 Å². The van der Waals surface area contributed by atoms with Gasteiger partial charge in [-0.2, -0.15) is 0 Å². The Morgan fingerprint density at radius 2 is 2.11 bits per heavy atom. The van der Waals surface area contributed by atoms with Crippen molar-refractivity contribution in [3.63, 3.8) is 0 Å². The largest absolute Gasteiger partial charge is 0.383 e. The maximum Gasteiger partial charge on any atom is 0.182 e. The number of aryl methyl sites for hydroxylation is 1. The van der Waals surface area contributed by atoms with Crippen molar-refractivity contribution in [3.05, 3.63) is 23.0 Å². The minimum absolute atomic E-state index is 0.0108. The first-order valence-electron chi connectivity index (χ1n) is 6.29. The first kappa shape index (κ1) is 15.3. The highest BCUT2D eigenvalue weighted by molar-refractivity contribution is 6.33. The molecule has 0 N–H and O–H groups in total. The summed E-state index contributed by atoms with van der Waals surface area (Å²) in [5, 5.41) is -0.485. The van der Waals surface area contributed by atoms with Crippen LogP contribution in [0.3, 0.4) is 0 Å². The number of Topliss-reactive ketones (excluding diaryl/α,β-unsaturated/α-hetero) is 1. The van der Waals surface area contributed by atoms with E-state index < -0.39 is 5.38 Å². The van der Waals surface area contributed by atoms with Crippen LogP contribution in [0.25, 0.3) is 0 Å². The van der Waals surface area contributed by atoms with Crippen LogP contribution in [-0.2, 0) is 4.74 Å². The molecule has 0 amide bonds. The van der Waals surface area contributed by atoms with Crippen LogP contribution in [-0.4, -0.2) is 29.4 Å². The number of carbonyl (C=O) groups excluding carboxylic acids is 1. The number of halogens is 1. The molecule has 0 saturated carbocycles. The van der Waals surface area contributed by atoms with E-state index in [2.05, 4.69) is 11.5 Å². The molecule has 4 heteroatoms. The lowest BCUT2D eigenvalue weighted by Crippen LogP contribution is -2.18. The van der Waals surface area contributed by atoms with Crippen molar-refractivity contribution in [2.45, 2.75) is 45.5 Å². The lowest BCUT2D eigenvalue weighted by atomic mass is 10.1. The minimum atomic E-state index is -0.485. The number of methoxy groups -OCH3 is 1. The Hall–Kier alpha value is -0.800. The number of ether oxygens (including phenoxy) is 1. The van der Waals surface area contributed by atoms with Crippen molar-refractivity contribution in [2.24, 2.45) is 0 Å². The second-order valence-electron chi connectivity index (χ2n) is 4.65. The molecule has 1 aromatic rings. The molecule has 0 aliphatic carbocycles. The summed E-state index contributed by atoms with van der Waals surface area (Å²) in [5.74, 6) is -0.0108. The van der Waals surface area contributed by atoms with Gasteiger partial charge in [-0.05, 0) is 33.3 Å². The van der Waals surface area contributed by atoms with Gasteiger partial charge in [0.25, 0.3) is 0 Å². The fraction of sp³-hybridized carbons (Fsp3) is 0.643. The van der Waals surface area contributed by atoms with E-state index in [0.717, 1.165) is 23.4 Å². The summed E-state index contributed by atoms with van der Waals surface area (Å²) in [6.07, 6.45) is 0.967. The summed E-state index contributed by atoms with van der Waals surface area (Å²) in [5.41, 5.74) is 2.79. The molecule has 2 unspecified atom stereocenters. The zero-order valence-corrected chi connectivity index (χ0v) is 12.5. The lowest BCUT2D eigenvalue weighted by molar-refractivity contribution is 0.0990. The first-order valence-corrected chi connectivity index (χ1v) is 6.73. The number of aromatic nitrogens is 1. The average Bonchev–Trinajstić information content (AvgIpc) is 2.61. The molecule has 2 atom stereocenters. The molecule has 0 aliphatic rings. The monoisotopic (exact) mass is 271 g/mol. The standard InChI is InChI=1S/C14H22ClNO2/c1-6-12(8-18-5)16-9(2)7-13(11(16)4)14(17)10(3)15/h7,10,12H,6,8H2,1-5H3. The molecule has 0 bridgehead atoms. The van der Waals surface area contributed by atoms with Crippen LogP contribution in [0, 0.1) is 13.8 Å². The zero-order chi connectivity index (χ0) is 13.9. The van der Waals surface area contributed by atoms with Crippen LogP contribution in [0.15, 0.2) is 6.07 Å². The lowest BCUT2D eigenvalue weighted by Gasteiger charge is -2.20. The Morgan fingerprint density at radius 3 is 2.56 bits per heavy atom. The molecule has 102 valence electrons. The Labute approximate surface area is 114 Å². The number of hydrogen-bond donors (Lipinski definition) is 0. The molecule has 1 aromatic heterocycles. The highest BCUT2D eigenvalue weighted by atomic mass is 35.5. The predicted octanol–water partition coefficient (Wildman–Crippen LogP) is 3.51. The summed E-state index contributed by atoms with van der Waals surface area (Å²) < 4.78 is 7.42. The minimum Gasteiger partial charge on any atom is -0.383 e. The normalized spacial score (nSPS) is 14.6. The second-order valence-corrected chi connectivity index (χ2v) is 5.31. The van der Waals surface area contributed by atoms with Gasteiger partial charge in [-0.1, -0.05) is 6.92 Å². The van der Waals surface area contributed by atoms with Crippen molar-refractivity contribution in [2.75, 3.05) is 13.7 Å². The Morgan fingerprint density at radius 1 is 1.50 bits per heavy atom. The summed E-state index contributed by atoms with van der Waals surface area (Å²) in [7, 11) is 1.70. The summed E-state index contributed by atoms with van der Waals surface area (Å²) >= 11 is 5.89. The molecule has 0 saturated heterocycles. The Balaban J connectivity index is 3.18. The van der Waals surface area contributed by atoms with E-state index in [9.17, 15) is 4.79 Å². The molecule has 1 rings (SSSR count). The second kappa shape index (κ2) is 6.39. The van der Waals surface area contributed by atoms with Crippen LogP contribution in [0.2, 0.25) is 0 Å². The number of alkyl halides is 1. The van der Waals surface area contributed by atoms with Gasteiger partial charge < -0.3 is 9.30 Å². The SMILES string of the molecule is CCC(COC)n1c(C)cc(C(=O)C(C)Cl)c1C. The molecule has 18 heavy (non-hydrogen) atoms. The quantitative estimate of drug-likeness (QED) is 0.586. The van der Waals surface area contributed by atoms with Crippen LogP contribution in [0.5, 0.6) is 0 Å². The topological polar surface area (TPSA) is 31.2 Å². The van der Waals surface area contributed by atoms with Crippen molar-refractivity contribution in [1.82, 2.24) is 4.57 Å². The first-order chi connectivity index (χ1) is 8.43. The molecule has 0 aromatic carbocycles. The van der Waals surface area contributed by atoms with Crippen molar-refractivity contribution >= 4 is 17.4 Å². The summed E-state index contributed by atoms with van der Waals surface area (Å²) in [4.78, 5) is 12.0. The van der Waals surface area contributed by atoms with E-state index in [1.807, 2.05) is 19.9 Å². The number of ketones is 1. The number of rotatable bonds is 6. The number of nitrogens with zero attached hydrogens (tertiary/aromatic N) is 1.